The molecule has 0 bridgehead atoms. The first-order valence-corrected chi connectivity index (χ1v) is 18.3. The third-order valence-corrected chi connectivity index (χ3v) is 10.9. The van der Waals surface area contributed by atoms with Crippen molar-refractivity contribution >= 4 is 64.9 Å². The van der Waals surface area contributed by atoms with Gasteiger partial charge in [0.25, 0.3) is 0 Å². The van der Waals surface area contributed by atoms with Crippen molar-refractivity contribution in [3.63, 3.8) is 0 Å². The first kappa shape index (κ1) is 33.5. The van der Waals surface area contributed by atoms with Crippen molar-refractivity contribution in [1.82, 2.24) is 0 Å². The maximum Gasteiger partial charge on any atom is 0.0502 e. The van der Waals surface area contributed by atoms with E-state index in [-0.39, 0.29) is 10.8 Å². The summed E-state index contributed by atoms with van der Waals surface area (Å²) in [4.78, 5) is 2.36. The van der Waals surface area contributed by atoms with Crippen LogP contribution in [0.1, 0.15) is 61.1 Å². The van der Waals surface area contributed by atoms with Gasteiger partial charge in [0.15, 0.2) is 0 Å². The summed E-state index contributed by atoms with van der Waals surface area (Å²) in [5.41, 5.74) is 12.5. The van der Waals surface area contributed by atoms with Crippen LogP contribution >= 0.6 is 47.8 Å². The summed E-state index contributed by atoms with van der Waals surface area (Å²) in [5, 5.41) is 0. The van der Waals surface area contributed by atoms with Gasteiger partial charge in [0, 0.05) is 29.9 Å². The van der Waals surface area contributed by atoms with Gasteiger partial charge >= 0.3 is 0 Å². The van der Waals surface area contributed by atoms with Crippen molar-refractivity contribution in [3.05, 3.63) is 192 Å². The lowest BCUT2D eigenvalue weighted by Gasteiger charge is -2.42. The van der Waals surface area contributed by atoms with E-state index in [0.717, 1.165) is 19.8 Å². The molecule has 0 saturated heterocycles. The van der Waals surface area contributed by atoms with Crippen molar-refractivity contribution in [3.8, 4) is 0 Å². The first-order valence-electron chi connectivity index (χ1n) is 15.9. The highest BCUT2D eigenvalue weighted by Gasteiger charge is 2.36. The van der Waals surface area contributed by atoms with E-state index in [1.165, 1.54) is 50.4 Å². The Bertz CT molecular complexity index is 1870. The lowest BCUT2D eigenvalue weighted by atomic mass is 9.69. The molecule has 1 aliphatic carbocycles. The Hall–Kier alpha value is -3.44. The molecular formula is C43H38Br3N. The zero-order valence-corrected chi connectivity index (χ0v) is 31.9. The molecule has 236 valence electrons. The molecule has 6 aromatic rings. The molecule has 0 amide bonds. The van der Waals surface area contributed by atoms with E-state index in [4.69, 9.17) is 0 Å². The second kappa shape index (κ2) is 14.0. The van der Waals surface area contributed by atoms with Gasteiger partial charge in [-0.2, -0.15) is 0 Å². The molecule has 0 N–H and O–H groups in total. The number of nitrogens with zero attached hydrogens (tertiary/aromatic N) is 1. The minimum absolute atomic E-state index is 0.000942. The number of benzene rings is 6. The second-order valence-corrected chi connectivity index (χ2v) is 15.8. The van der Waals surface area contributed by atoms with Crippen LogP contribution in [-0.2, 0) is 17.3 Å². The van der Waals surface area contributed by atoms with Gasteiger partial charge in [-0.25, -0.2) is 0 Å². The fourth-order valence-electron chi connectivity index (χ4n) is 6.89. The third kappa shape index (κ3) is 6.92. The van der Waals surface area contributed by atoms with Crippen molar-refractivity contribution in [2.45, 2.75) is 44.9 Å². The number of fused-ring (bicyclic) bond motifs is 4. The fourth-order valence-corrected chi connectivity index (χ4v) is 7.68. The van der Waals surface area contributed by atoms with E-state index in [0.29, 0.717) is 0 Å². The van der Waals surface area contributed by atoms with Gasteiger partial charge in [-0.3, -0.25) is 0 Å². The minimum Gasteiger partial charge on any atom is -0.310 e. The van der Waals surface area contributed by atoms with E-state index >= 15 is 0 Å². The van der Waals surface area contributed by atoms with Crippen molar-refractivity contribution < 1.29 is 0 Å². The molecule has 6 aromatic carbocycles. The maximum absolute atomic E-state index is 3.53. The van der Waals surface area contributed by atoms with Crippen molar-refractivity contribution in [2.75, 3.05) is 4.90 Å². The van der Waals surface area contributed by atoms with Crippen LogP contribution in [0.4, 0.5) is 17.1 Å². The van der Waals surface area contributed by atoms with Gasteiger partial charge in [0.1, 0.15) is 0 Å². The van der Waals surface area contributed by atoms with Gasteiger partial charge in [0.05, 0.1) is 11.4 Å². The Morgan fingerprint density at radius 3 is 1.15 bits per heavy atom. The summed E-state index contributed by atoms with van der Waals surface area (Å²) >= 11 is 10.2. The van der Waals surface area contributed by atoms with Gasteiger partial charge in [-0.1, -0.05) is 160 Å². The molecule has 0 aromatic heterocycles. The Labute approximate surface area is 305 Å². The smallest absolute Gasteiger partial charge is 0.0502 e. The molecule has 2 aliphatic rings. The maximum atomic E-state index is 3.53. The van der Waals surface area contributed by atoms with E-state index in [1.807, 2.05) is 24.3 Å². The number of hydrogen-bond donors (Lipinski definition) is 0. The molecule has 1 nitrogen and oxygen atoms in total. The number of halogens is 3. The monoisotopic (exact) mass is 805 g/mol. The van der Waals surface area contributed by atoms with Crippen LogP contribution < -0.4 is 4.90 Å². The number of hydrogen-bond acceptors (Lipinski definition) is 1. The molecule has 0 fully saturated rings. The Morgan fingerprint density at radius 1 is 0.404 bits per heavy atom. The normalized spacial score (nSPS) is 14.5. The van der Waals surface area contributed by atoms with Crippen LogP contribution in [0.2, 0.25) is 0 Å². The molecule has 0 spiro atoms. The average Bonchev–Trinajstić information content (AvgIpc) is 3.08. The van der Waals surface area contributed by atoms with E-state index in [2.05, 4.69) is 202 Å². The largest absolute Gasteiger partial charge is 0.310 e. The molecule has 1 aliphatic heterocycles. The van der Waals surface area contributed by atoms with Crippen molar-refractivity contribution in [2.24, 2.45) is 0 Å². The number of para-hydroxylation sites is 2. The lowest BCUT2D eigenvalue weighted by Crippen LogP contribution is -2.30. The van der Waals surface area contributed by atoms with Crippen molar-refractivity contribution in [1.29, 1.82) is 0 Å². The Morgan fingerprint density at radius 2 is 0.723 bits per heavy atom. The van der Waals surface area contributed by atoms with Crippen LogP contribution in [0.25, 0.3) is 0 Å². The summed E-state index contributed by atoms with van der Waals surface area (Å²) in [6.45, 7) is 9.26. The van der Waals surface area contributed by atoms with Gasteiger partial charge in [-0.05, 0) is 100 Å². The molecule has 0 radical (unpaired) electrons. The summed E-state index contributed by atoms with van der Waals surface area (Å²) in [6.07, 6.45) is 1.08. The Balaban J connectivity index is 0.000000139. The van der Waals surface area contributed by atoms with Crippen LogP contribution in [0.15, 0.2) is 159 Å². The van der Waals surface area contributed by atoms with Gasteiger partial charge in [-0.15, -0.1) is 0 Å². The summed E-state index contributed by atoms with van der Waals surface area (Å²) in [7, 11) is 0. The summed E-state index contributed by atoms with van der Waals surface area (Å²) in [6, 6.07) is 51.5. The predicted molar refractivity (Wildman–Crippen MR) is 211 cm³/mol. The molecule has 0 unspecified atom stereocenters. The molecular weight excluding hydrogens is 770 g/mol. The predicted octanol–water partition coefficient (Wildman–Crippen LogP) is 13.7. The first-order chi connectivity index (χ1) is 22.6. The number of rotatable bonds is 1. The SMILES string of the molecule is Brc1ccc(Br)cc1.CC1(C)c2ccccc2Cc2ccccc21.CC1(C)c2ccccc2N(c2ccc(Br)cc2)c2ccccc21. The molecule has 1 heterocycles. The zero-order chi connectivity index (χ0) is 33.2. The minimum atomic E-state index is -0.000942. The molecule has 8 rings (SSSR count). The van der Waals surface area contributed by atoms with E-state index in [9.17, 15) is 0 Å². The topological polar surface area (TPSA) is 3.24 Å². The van der Waals surface area contributed by atoms with E-state index < -0.39 is 0 Å². The summed E-state index contributed by atoms with van der Waals surface area (Å²) < 4.78 is 3.32. The standard InChI is InChI=1S/C21H18BrN.C16H16.C6H4Br2/c1-21(2)17-7-3-5-9-19(17)23(16-13-11-15(22)12-14-16)20-10-6-4-8-18(20)21;1-16(2)14-9-5-3-7-12(14)11-13-8-4-6-10-15(13)16;7-5-1-2-6(8)4-3-5/h3-14H,1-2H3;3-10H,11H2,1-2H3;1-4H. The highest BCUT2D eigenvalue weighted by atomic mass is 79.9. The van der Waals surface area contributed by atoms with E-state index in [1.54, 1.807) is 0 Å². The quantitative estimate of drug-likeness (QED) is 0.160. The Kier molecular flexibility index (Phi) is 9.94. The molecule has 47 heavy (non-hydrogen) atoms. The molecule has 0 atom stereocenters. The zero-order valence-electron chi connectivity index (χ0n) is 27.1. The molecule has 4 heteroatoms. The number of anilines is 3. The highest BCUT2D eigenvalue weighted by Crippen LogP contribution is 2.51. The van der Waals surface area contributed by atoms with Crippen LogP contribution in [0.3, 0.4) is 0 Å². The molecule has 0 saturated carbocycles. The highest BCUT2D eigenvalue weighted by molar-refractivity contribution is 9.11. The van der Waals surface area contributed by atoms with Crippen LogP contribution in [0, 0.1) is 0 Å². The third-order valence-electron chi connectivity index (χ3n) is 9.29. The van der Waals surface area contributed by atoms with Gasteiger partial charge < -0.3 is 4.90 Å². The summed E-state index contributed by atoms with van der Waals surface area (Å²) in [5.74, 6) is 0. The fraction of sp³-hybridized carbons (Fsp3) is 0.163. The second-order valence-electron chi connectivity index (χ2n) is 13.0. The van der Waals surface area contributed by atoms with Crippen LogP contribution in [0.5, 0.6) is 0 Å². The van der Waals surface area contributed by atoms with Crippen LogP contribution in [-0.4, -0.2) is 0 Å². The lowest BCUT2D eigenvalue weighted by molar-refractivity contribution is 0.610. The average molecular weight is 808 g/mol. The van der Waals surface area contributed by atoms with Gasteiger partial charge in [0.2, 0.25) is 0 Å².